The van der Waals surface area contributed by atoms with Crippen LogP contribution in [0.15, 0.2) is 21.2 Å². The van der Waals surface area contributed by atoms with Gasteiger partial charge in [0.1, 0.15) is 5.76 Å². The fourth-order valence-corrected chi connectivity index (χ4v) is 3.95. The molecule has 18 heavy (non-hydrogen) atoms. The van der Waals surface area contributed by atoms with Crippen molar-refractivity contribution in [1.82, 2.24) is 5.32 Å². The topological polar surface area (TPSA) is 62.5 Å². The van der Waals surface area contributed by atoms with Gasteiger partial charge in [0.15, 0.2) is 4.67 Å². The summed E-state index contributed by atoms with van der Waals surface area (Å²) in [6, 6.07) is 3.86. The fraction of sp³-hybridized carbons (Fsp3) is 0.615. The molecule has 4 nitrogen and oxygen atoms in total. The first-order valence-corrected chi connectivity index (χ1v) is 7.15. The third kappa shape index (κ3) is 2.10. The molecule has 0 aromatic carbocycles. The Morgan fingerprint density at radius 2 is 2.22 bits per heavy atom. The summed E-state index contributed by atoms with van der Waals surface area (Å²) in [4.78, 5) is 11.3. The van der Waals surface area contributed by atoms with Crippen LogP contribution in [-0.4, -0.2) is 17.1 Å². The minimum Gasteiger partial charge on any atom is -0.481 e. The number of aliphatic carboxylic acids is 1. The summed E-state index contributed by atoms with van der Waals surface area (Å²) in [6.45, 7) is 0.600. The highest BCUT2D eigenvalue weighted by molar-refractivity contribution is 9.10. The molecule has 2 aliphatic rings. The van der Waals surface area contributed by atoms with Crippen LogP contribution in [0.4, 0.5) is 0 Å². The van der Waals surface area contributed by atoms with E-state index in [9.17, 15) is 9.90 Å². The highest BCUT2D eigenvalue weighted by atomic mass is 79.9. The molecule has 0 spiro atoms. The van der Waals surface area contributed by atoms with Crippen LogP contribution in [0.3, 0.4) is 0 Å². The molecular weight excluding hydrogens is 298 g/mol. The Kier molecular flexibility index (Phi) is 3.20. The van der Waals surface area contributed by atoms with Crippen LogP contribution in [0, 0.1) is 17.8 Å². The second-order valence-corrected chi connectivity index (χ2v) is 6.09. The Balaban J connectivity index is 1.66. The number of furan rings is 1. The molecule has 5 heteroatoms. The Morgan fingerprint density at radius 3 is 2.89 bits per heavy atom. The lowest BCUT2D eigenvalue weighted by Crippen LogP contribution is -2.43. The zero-order valence-corrected chi connectivity index (χ0v) is 11.5. The molecule has 0 aliphatic heterocycles. The van der Waals surface area contributed by atoms with Gasteiger partial charge in [0.2, 0.25) is 0 Å². The number of fused-ring (bicyclic) bond motifs is 2. The van der Waals surface area contributed by atoms with Crippen LogP contribution >= 0.6 is 15.9 Å². The van der Waals surface area contributed by atoms with E-state index in [1.165, 1.54) is 0 Å². The van der Waals surface area contributed by atoms with Crippen LogP contribution in [0.5, 0.6) is 0 Å². The van der Waals surface area contributed by atoms with Crippen molar-refractivity contribution in [2.24, 2.45) is 17.8 Å². The SMILES string of the molecule is O=C(O)C1C2CCC(C2)C1NCc1ccc(Br)o1. The molecule has 2 fully saturated rings. The molecule has 1 aromatic heterocycles. The van der Waals surface area contributed by atoms with E-state index >= 15 is 0 Å². The van der Waals surface area contributed by atoms with Crippen LogP contribution in [0.25, 0.3) is 0 Å². The maximum absolute atomic E-state index is 11.3. The van der Waals surface area contributed by atoms with Crippen molar-refractivity contribution in [3.8, 4) is 0 Å². The van der Waals surface area contributed by atoms with Gasteiger partial charge in [-0.25, -0.2) is 0 Å². The largest absolute Gasteiger partial charge is 0.481 e. The van der Waals surface area contributed by atoms with E-state index in [-0.39, 0.29) is 12.0 Å². The molecule has 2 aliphatic carbocycles. The summed E-state index contributed by atoms with van der Waals surface area (Å²) >= 11 is 3.26. The van der Waals surface area contributed by atoms with Crippen molar-refractivity contribution in [1.29, 1.82) is 0 Å². The fourth-order valence-electron chi connectivity index (χ4n) is 3.61. The van der Waals surface area contributed by atoms with Gasteiger partial charge >= 0.3 is 5.97 Å². The maximum Gasteiger partial charge on any atom is 0.308 e. The number of hydrogen-bond acceptors (Lipinski definition) is 3. The lowest BCUT2D eigenvalue weighted by atomic mass is 9.84. The number of nitrogens with one attached hydrogen (secondary N) is 1. The van der Waals surface area contributed by atoms with E-state index < -0.39 is 5.97 Å². The summed E-state index contributed by atoms with van der Waals surface area (Å²) in [6.07, 6.45) is 3.30. The average molecular weight is 314 g/mol. The van der Waals surface area contributed by atoms with E-state index in [0.29, 0.717) is 23.1 Å². The molecule has 1 heterocycles. The summed E-state index contributed by atoms with van der Waals surface area (Å²) in [5.74, 6) is 0.860. The highest BCUT2D eigenvalue weighted by Crippen LogP contribution is 2.48. The zero-order valence-electron chi connectivity index (χ0n) is 9.93. The number of carboxylic acid groups (broad SMARTS) is 1. The first-order valence-electron chi connectivity index (χ1n) is 6.35. The molecule has 3 rings (SSSR count). The molecule has 2 bridgehead atoms. The number of rotatable bonds is 4. The normalized spacial score (nSPS) is 34.1. The van der Waals surface area contributed by atoms with Gasteiger partial charge in [-0.15, -0.1) is 0 Å². The summed E-state index contributed by atoms with van der Waals surface area (Å²) in [5, 5.41) is 12.7. The van der Waals surface area contributed by atoms with Crippen molar-refractivity contribution < 1.29 is 14.3 Å². The molecule has 0 radical (unpaired) electrons. The van der Waals surface area contributed by atoms with Gasteiger partial charge in [-0.3, -0.25) is 4.79 Å². The third-order valence-corrected chi connectivity index (χ3v) is 4.77. The lowest BCUT2D eigenvalue weighted by molar-refractivity contribution is -0.144. The quantitative estimate of drug-likeness (QED) is 0.897. The van der Waals surface area contributed by atoms with Gasteiger partial charge in [-0.05, 0) is 59.2 Å². The van der Waals surface area contributed by atoms with E-state index in [1.54, 1.807) is 0 Å². The van der Waals surface area contributed by atoms with Crippen LogP contribution < -0.4 is 5.32 Å². The van der Waals surface area contributed by atoms with E-state index in [0.717, 1.165) is 25.0 Å². The number of halogens is 1. The maximum atomic E-state index is 11.3. The highest BCUT2D eigenvalue weighted by Gasteiger charge is 2.50. The summed E-state index contributed by atoms with van der Waals surface area (Å²) in [5.41, 5.74) is 0. The molecule has 2 N–H and O–H groups in total. The van der Waals surface area contributed by atoms with Crippen molar-refractivity contribution in [2.75, 3.05) is 0 Å². The molecule has 98 valence electrons. The minimum absolute atomic E-state index is 0.102. The second kappa shape index (κ2) is 4.70. The van der Waals surface area contributed by atoms with Crippen LogP contribution in [0.2, 0.25) is 0 Å². The van der Waals surface area contributed by atoms with Crippen molar-refractivity contribution in [3.05, 3.63) is 22.6 Å². The zero-order chi connectivity index (χ0) is 12.7. The Hall–Kier alpha value is -0.810. The van der Waals surface area contributed by atoms with Gasteiger partial charge in [-0.2, -0.15) is 0 Å². The Morgan fingerprint density at radius 1 is 1.44 bits per heavy atom. The van der Waals surface area contributed by atoms with Gasteiger partial charge in [0, 0.05) is 6.04 Å². The first kappa shape index (κ1) is 12.2. The van der Waals surface area contributed by atoms with Crippen LogP contribution in [0.1, 0.15) is 25.0 Å². The minimum atomic E-state index is -0.652. The second-order valence-electron chi connectivity index (χ2n) is 5.31. The Labute approximate surface area is 114 Å². The molecule has 4 atom stereocenters. The van der Waals surface area contributed by atoms with E-state index in [1.807, 2.05) is 12.1 Å². The van der Waals surface area contributed by atoms with E-state index in [2.05, 4.69) is 21.2 Å². The molecule has 4 unspecified atom stereocenters. The Bertz CT molecular complexity index is 459. The molecule has 1 aromatic rings. The van der Waals surface area contributed by atoms with Crippen LogP contribution in [-0.2, 0) is 11.3 Å². The van der Waals surface area contributed by atoms with Crippen molar-refractivity contribution >= 4 is 21.9 Å². The smallest absolute Gasteiger partial charge is 0.308 e. The molecule has 0 saturated heterocycles. The summed E-state index contributed by atoms with van der Waals surface area (Å²) in [7, 11) is 0. The van der Waals surface area contributed by atoms with Gasteiger partial charge < -0.3 is 14.8 Å². The standard InChI is InChI=1S/C13H16BrNO3/c14-10-4-3-9(18-10)6-15-12-8-2-1-7(5-8)11(12)13(16)17/h3-4,7-8,11-12,15H,1-2,5-6H2,(H,16,17). The number of carboxylic acids is 1. The molecular formula is C13H16BrNO3. The van der Waals surface area contributed by atoms with Gasteiger partial charge in [0.05, 0.1) is 12.5 Å². The lowest BCUT2D eigenvalue weighted by Gasteiger charge is -2.28. The van der Waals surface area contributed by atoms with E-state index in [4.69, 9.17) is 4.42 Å². The average Bonchev–Trinajstić information content (AvgIpc) is 3.00. The first-order chi connectivity index (χ1) is 8.65. The third-order valence-electron chi connectivity index (χ3n) is 4.34. The molecule has 2 saturated carbocycles. The van der Waals surface area contributed by atoms with Gasteiger partial charge in [-0.1, -0.05) is 0 Å². The predicted molar refractivity (Wildman–Crippen MR) is 69.0 cm³/mol. The predicted octanol–water partition coefficient (Wildman–Crippen LogP) is 2.63. The van der Waals surface area contributed by atoms with Crippen molar-refractivity contribution in [2.45, 2.75) is 31.8 Å². The number of hydrogen-bond donors (Lipinski definition) is 2. The summed E-state index contributed by atoms with van der Waals surface area (Å²) < 4.78 is 6.14. The van der Waals surface area contributed by atoms with Crippen molar-refractivity contribution in [3.63, 3.8) is 0 Å². The molecule has 0 amide bonds. The van der Waals surface area contributed by atoms with Gasteiger partial charge in [0.25, 0.3) is 0 Å². The monoisotopic (exact) mass is 313 g/mol. The number of carbonyl (C=O) groups is 1.